The Morgan fingerprint density at radius 1 is 1.13 bits per heavy atom. The van der Waals surface area contributed by atoms with Crippen molar-refractivity contribution in [3.8, 4) is 12.5 Å². The Morgan fingerprint density at radius 2 is 1.71 bits per heavy atom. The van der Waals surface area contributed by atoms with Crippen LogP contribution >= 0.6 is 0 Å². The smallest absolute Gasteiger partial charge is 0.408 e. The summed E-state index contributed by atoms with van der Waals surface area (Å²) in [4.78, 5) is 50.7. The van der Waals surface area contributed by atoms with Gasteiger partial charge in [0.15, 0.2) is 0 Å². The number of nitrogens with one attached hydrogen (secondary N) is 2. The van der Waals surface area contributed by atoms with Crippen LogP contribution in [0.25, 0.3) is 0 Å². The van der Waals surface area contributed by atoms with Gasteiger partial charge in [0, 0.05) is 12.1 Å². The van der Waals surface area contributed by atoms with Crippen LogP contribution in [0.3, 0.4) is 0 Å². The molecule has 0 aliphatic rings. The zero-order chi connectivity index (χ0) is 23.8. The van der Waals surface area contributed by atoms with Crippen molar-refractivity contribution < 1.29 is 23.9 Å². The van der Waals surface area contributed by atoms with Gasteiger partial charge in [0.1, 0.15) is 17.7 Å². The number of hydrogen-bond acceptors (Lipinski definition) is 5. The van der Waals surface area contributed by atoms with Crippen molar-refractivity contribution in [3.05, 3.63) is 35.9 Å². The largest absolute Gasteiger partial charge is 0.444 e. The Labute approximate surface area is 182 Å². The third-order valence-electron chi connectivity index (χ3n) is 3.82. The highest BCUT2D eigenvalue weighted by atomic mass is 16.6. The van der Waals surface area contributed by atoms with E-state index in [2.05, 4.69) is 16.7 Å². The van der Waals surface area contributed by atoms with Crippen LogP contribution in [0.2, 0.25) is 0 Å². The zero-order valence-electron chi connectivity index (χ0n) is 18.5. The van der Waals surface area contributed by atoms with Gasteiger partial charge in [-0.25, -0.2) is 4.79 Å². The minimum atomic E-state index is -1.42. The van der Waals surface area contributed by atoms with Crippen molar-refractivity contribution in [1.82, 2.24) is 15.5 Å². The number of rotatable bonds is 8. The Balaban J connectivity index is 3.30. The van der Waals surface area contributed by atoms with Crippen molar-refractivity contribution in [2.75, 3.05) is 0 Å². The average molecular weight is 431 g/mol. The van der Waals surface area contributed by atoms with E-state index in [4.69, 9.17) is 16.9 Å². The number of ether oxygens (including phenoxy) is 1. The van der Waals surface area contributed by atoms with Crippen LogP contribution in [0.4, 0.5) is 4.79 Å². The Morgan fingerprint density at radius 3 is 2.16 bits per heavy atom. The van der Waals surface area contributed by atoms with Crippen LogP contribution in [0.1, 0.15) is 52.6 Å². The van der Waals surface area contributed by atoms with Gasteiger partial charge >= 0.3 is 6.09 Å². The molecule has 4 amide bonds. The highest BCUT2D eigenvalue weighted by Gasteiger charge is 2.36. The number of primary amides is 1. The molecule has 0 saturated carbocycles. The van der Waals surface area contributed by atoms with E-state index in [0.29, 0.717) is 5.56 Å². The molecular weight excluding hydrogens is 400 g/mol. The normalized spacial score (nSPS) is 12.8. The molecule has 31 heavy (non-hydrogen) atoms. The summed E-state index contributed by atoms with van der Waals surface area (Å²) < 4.78 is 5.15. The van der Waals surface area contributed by atoms with Crippen LogP contribution in [0.15, 0.2) is 30.3 Å². The average Bonchev–Trinajstić information content (AvgIpc) is 2.63. The highest BCUT2D eigenvalue weighted by molar-refractivity contribution is 5.95. The molecule has 9 heteroatoms. The van der Waals surface area contributed by atoms with Crippen molar-refractivity contribution in [2.45, 2.75) is 64.8 Å². The molecule has 0 fully saturated rings. The van der Waals surface area contributed by atoms with E-state index in [9.17, 15) is 19.2 Å². The summed E-state index contributed by atoms with van der Waals surface area (Å²) in [6.45, 7) is 8.47. The summed E-state index contributed by atoms with van der Waals surface area (Å²) >= 11 is 0. The number of carbonyl (C=O) groups excluding carboxylic acids is 4. The summed E-state index contributed by atoms with van der Waals surface area (Å²) in [5.41, 5.74) is 4.88. The van der Waals surface area contributed by atoms with Crippen LogP contribution in [0.5, 0.6) is 0 Å². The molecule has 0 heterocycles. The van der Waals surface area contributed by atoms with Gasteiger partial charge in [-0.2, -0.15) is 0 Å². The maximum atomic E-state index is 13.2. The van der Waals surface area contributed by atoms with Crippen molar-refractivity contribution >= 4 is 23.8 Å². The first-order chi connectivity index (χ1) is 14.4. The minimum absolute atomic E-state index is 0.213. The van der Waals surface area contributed by atoms with Crippen molar-refractivity contribution in [2.24, 2.45) is 5.73 Å². The fourth-order valence-corrected chi connectivity index (χ4v) is 2.70. The fourth-order valence-electron chi connectivity index (χ4n) is 2.70. The number of carbonyl (C=O) groups is 4. The van der Waals surface area contributed by atoms with Crippen LogP contribution in [0, 0.1) is 12.5 Å². The molecule has 0 bridgehead atoms. The van der Waals surface area contributed by atoms with E-state index in [1.165, 1.54) is 0 Å². The summed E-state index contributed by atoms with van der Waals surface area (Å²) in [6.07, 6.45) is 4.15. The van der Waals surface area contributed by atoms with Gasteiger partial charge in [0.05, 0.1) is 6.42 Å². The van der Waals surface area contributed by atoms with E-state index in [1.807, 2.05) is 0 Å². The topological polar surface area (TPSA) is 131 Å². The predicted molar refractivity (Wildman–Crippen MR) is 115 cm³/mol. The molecule has 1 rings (SSSR count). The number of amides is 4. The molecule has 0 spiro atoms. The monoisotopic (exact) mass is 430 g/mol. The highest BCUT2D eigenvalue weighted by Crippen LogP contribution is 2.22. The van der Waals surface area contributed by atoms with E-state index < -0.39 is 47.9 Å². The van der Waals surface area contributed by atoms with Gasteiger partial charge in [-0.15, -0.1) is 0 Å². The predicted octanol–water partition coefficient (Wildman–Crippen LogP) is 1.44. The molecule has 9 nitrogen and oxygen atoms in total. The number of nitrogens with zero attached hydrogens (tertiary/aromatic N) is 1. The van der Waals surface area contributed by atoms with E-state index in [0.717, 1.165) is 4.90 Å². The molecule has 0 saturated heterocycles. The molecule has 168 valence electrons. The van der Waals surface area contributed by atoms with Gasteiger partial charge in [0.25, 0.3) is 5.91 Å². The molecule has 2 atom stereocenters. The lowest BCUT2D eigenvalue weighted by Crippen LogP contribution is -2.53. The molecule has 0 aliphatic heterocycles. The second-order valence-corrected chi connectivity index (χ2v) is 8.18. The third kappa shape index (κ3) is 8.38. The lowest BCUT2D eigenvalue weighted by Gasteiger charge is -2.30. The van der Waals surface area contributed by atoms with E-state index in [-0.39, 0.29) is 6.04 Å². The maximum Gasteiger partial charge on any atom is 0.408 e. The van der Waals surface area contributed by atoms with E-state index in [1.54, 1.807) is 65.0 Å². The number of alkyl carbamates (subject to hydrolysis) is 1. The number of hydrogen-bond donors (Lipinski definition) is 3. The second-order valence-electron chi connectivity index (χ2n) is 8.18. The van der Waals surface area contributed by atoms with Gasteiger partial charge in [0.2, 0.25) is 11.8 Å². The first-order valence-corrected chi connectivity index (χ1v) is 9.78. The molecule has 0 aromatic heterocycles. The lowest BCUT2D eigenvalue weighted by molar-refractivity contribution is -0.139. The van der Waals surface area contributed by atoms with Gasteiger partial charge < -0.3 is 21.1 Å². The van der Waals surface area contributed by atoms with Gasteiger partial charge in [-0.1, -0.05) is 36.8 Å². The third-order valence-corrected chi connectivity index (χ3v) is 3.82. The maximum absolute atomic E-state index is 13.2. The summed E-state index contributed by atoms with van der Waals surface area (Å²) in [6, 6.07) is 7.84. The molecule has 4 N–H and O–H groups in total. The van der Waals surface area contributed by atoms with Gasteiger partial charge in [-0.05, 0) is 40.2 Å². The summed E-state index contributed by atoms with van der Waals surface area (Å²) in [5.74, 6) is -2.20. The Bertz CT molecular complexity index is 840. The van der Waals surface area contributed by atoms with Crippen LogP contribution < -0.4 is 16.4 Å². The number of benzene rings is 1. The molecule has 2 unspecified atom stereocenters. The van der Waals surface area contributed by atoms with E-state index >= 15 is 0 Å². The SMILES string of the molecule is C#CN(C(=O)C(CC(N)=O)NC(=O)OC(C)(C)C)C(C(=O)NC(C)C)c1ccccc1. The van der Waals surface area contributed by atoms with Gasteiger partial charge in [-0.3, -0.25) is 19.3 Å². The fraction of sp³-hybridized carbons (Fsp3) is 0.455. The minimum Gasteiger partial charge on any atom is -0.444 e. The van der Waals surface area contributed by atoms with Crippen molar-refractivity contribution in [1.29, 1.82) is 0 Å². The standard InChI is InChI=1S/C22H30N4O5/c1-7-26(18(19(28)24-14(2)3)15-11-9-8-10-12-15)20(29)16(13-17(23)27)25-21(30)31-22(4,5)6/h1,8-12,14,16,18H,13H2,2-6H3,(H2,23,27)(H,24,28)(H,25,30). The first-order valence-electron chi connectivity index (χ1n) is 9.78. The quantitative estimate of drug-likeness (QED) is 0.424. The molecule has 0 radical (unpaired) electrons. The summed E-state index contributed by atoms with van der Waals surface area (Å²) in [7, 11) is 0. The molecule has 1 aromatic carbocycles. The van der Waals surface area contributed by atoms with Crippen molar-refractivity contribution in [3.63, 3.8) is 0 Å². The lowest BCUT2D eigenvalue weighted by atomic mass is 10.0. The summed E-state index contributed by atoms with van der Waals surface area (Å²) in [5, 5.41) is 5.06. The zero-order valence-corrected chi connectivity index (χ0v) is 18.5. The molecule has 1 aromatic rings. The molecule has 0 aliphatic carbocycles. The molecular formula is C22H30N4O5. The Kier molecular flexibility index (Phi) is 9.06. The number of nitrogens with two attached hydrogens (primary N) is 1. The Hall–Kier alpha value is -3.54. The number of terminal acetylenes is 1. The second kappa shape index (κ2) is 11.0. The first kappa shape index (κ1) is 25.5. The van der Waals surface area contributed by atoms with Crippen LogP contribution in [-0.4, -0.2) is 46.4 Å². The van der Waals surface area contributed by atoms with Crippen LogP contribution in [-0.2, 0) is 19.1 Å².